The Morgan fingerprint density at radius 3 is 2.65 bits per heavy atom. The van der Waals surface area contributed by atoms with Crippen molar-refractivity contribution in [2.75, 3.05) is 46.8 Å². The average molecular weight is 293 g/mol. The highest BCUT2D eigenvalue weighted by Gasteiger charge is 2.39. The van der Waals surface area contributed by atoms with Gasteiger partial charge in [-0.15, -0.1) is 0 Å². The summed E-state index contributed by atoms with van der Waals surface area (Å²) in [4.78, 5) is 7.82. The summed E-state index contributed by atoms with van der Waals surface area (Å²) in [5, 5.41) is 4.48. The van der Waals surface area contributed by atoms with Gasteiger partial charge in [0, 0.05) is 31.7 Å². The van der Waals surface area contributed by atoms with Crippen LogP contribution in [0.15, 0.2) is 16.8 Å². The highest BCUT2D eigenvalue weighted by atomic mass is 32.1. The fraction of sp³-hybridized carbons (Fsp3) is 0.750. The van der Waals surface area contributed by atoms with Crippen LogP contribution in [0.2, 0.25) is 0 Å². The van der Waals surface area contributed by atoms with Gasteiger partial charge in [-0.25, -0.2) is 0 Å². The number of nitrogens with zero attached hydrogens (tertiary/aromatic N) is 3. The number of thiophene rings is 1. The zero-order valence-electron chi connectivity index (χ0n) is 12.8. The maximum atomic E-state index is 2.65. The van der Waals surface area contributed by atoms with Crippen LogP contribution in [0.4, 0.5) is 0 Å². The molecule has 3 rings (SSSR count). The van der Waals surface area contributed by atoms with Crippen molar-refractivity contribution in [2.45, 2.75) is 31.3 Å². The summed E-state index contributed by atoms with van der Waals surface area (Å²) in [7, 11) is 4.63. The third-order valence-corrected chi connectivity index (χ3v) is 5.91. The highest BCUT2D eigenvalue weighted by molar-refractivity contribution is 7.07. The SMILES string of the molecule is CN1CCCN(C)C2(CCN(Cc3ccsc3)CC2)C1. The van der Waals surface area contributed by atoms with Gasteiger partial charge in [0.2, 0.25) is 0 Å². The van der Waals surface area contributed by atoms with Crippen molar-refractivity contribution in [2.24, 2.45) is 0 Å². The Balaban J connectivity index is 1.61. The van der Waals surface area contributed by atoms with Crippen LogP contribution in [-0.4, -0.2) is 67.1 Å². The molecule has 1 spiro atoms. The summed E-state index contributed by atoms with van der Waals surface area (Å²) in [6.45, 7) is 7.39. The molecule has 1 aromatic rings. The minimum absolute atomic E-state index is 0.427. The molecule has 0 saturated carbocycles. The molecule has 2 fully saturated rings. The number of rotatable bonds is 2. The number of likely N-dealkylation sites (tertiary alicyclic amines) is 1. The van der Waals surface area contributed by atoms with E-state index in [4.69, 9.17) is 0 Å². The van der Waals surface area contributed by atoms with Crippen LogP contribution in [-0.2, 0) is 6.54 Å². The van der Waals surface area contributed by atoms with Gasteiger partial charge in [-0.05, 0) is 68.8 Å². The van der Waals surface area contributed by atoms with Gasteiger partial charge in [-0.2, -0.15) is 11.3 Å². The Morgan fingerprint density at radius 2 is 1.95 bits per heavy atom. The molecule has 0 aromatic carbocycles. The van der Waals surface area contributed by atoms with Crippen LogP contribution in [0.3, 0.4) is 0 Å². The molecule has 20 heavy (non-hydrogen) atoms. The van der Waals surface area contributed by atoms with Crippen molar-refractivity contribution < 1.29 is 0 Å². The van der Waals surface area contributed by atoms with Crippen LogP contribution in [0.1, 0.15) is 24.8 Å². The van der Waals surface area contributed by atoms with Gasteiger partial charge in [0.25, 0.3) is 0 Å². The molecule has 0 radical (unpaired) electrons. The quantitative estimate of drug-likeness (QED) is 0.829. The van der Waals surface area contributed by atoms with E-state index in [0.29, 0.717) is 5.54 Å². The molecule has 1 aromatic heterocycles. The fourth-order valence-electron chi connectivity index (χ4n) is 3.83. The number of hydrogen-bond acceptors (Lipinski definition) is 4. The van der Waals surface area contributed by atoms with Gasteiger partial charge in [-0.1, -0.05) is 0 Å². The maximum absolute atomic E-state index is 2.65. The van der Waals surface area contributed by atoms with Crippen molar-refractivity contribution in [3.63, 3.8) is 0 Å². The van der Waals surface area contributed by atoms with Crippen molar-refractivity contribution in [1.82, 2.24) is 14.7 Å². The lowest BCUT2D eigenvalue weighted by Crippen LogP contribution is -2.57. The third-order valence-electron chi connectivity index (χ3n) is 5.18. The third kappa shape index (κ3) is 3.08. The fourth-order valence-corrected chi connectivity index (χ4v) is 4.49. The van der Waals surface area contributed by atoms with Crippen molar-refractivity contribution >= 4 is 11.3 Å². The standard InChI is InChI=1S/C16H27N3S/c1-17-7-3-8-18(2)16(14-17)5-9-19(10-6-16)12-15-4-11-20-13-15/h4,11,13H,3,5-10,12,14H2,1-2H3. The molecule has 2 saturated heterocycles. The molecule has 3 heterocycles. The zero-order chi connectivity index (χ0) is 14.0. The molecule has 0 aliphatic carbocycles. The van der Waals surface area contributed by atoms with Crippen LogP contribution in [0.25, 0.3) is 0 Å². The minimum atomic E-state index is 0.427. The summed E-state index contributed by atoms with van der Waals surface area (Å²) in [6, 6.07) is 2.26. The van der Waals surface area contributed by atoms with Gasteiger partial charge < -0.3 is 4.90 Å². The van der Waals surface area contributed by atoms with E-state index in [9.17, 15) is 0 Å². The number of hydrogen-bond donors (Lipinski definition) is 0. The van der Waals surface area contributed by atoms with Crippen LogP contribution >= 0.6 is 11.3 Å². The molecule has 2 aliphatic rings. The molecule has 0 unspecified atom stereocenters. The molecule has 112 valence electrons. The number of piperidine rings is 1. The van der Waals surface area contributed by atoms with Gasteiger partial charge in [-0.3, -0.25) is 9.80 Å². The summed E-state index contributed by atoms with van der Waals surface area (Å²) in [5.41, 5.74) is 1.91. The average Bonchev–Trinajstić information content (AvgIpc) is 2.89. The molecule has 0 N–H and O–H groups in total. The second-order valence-corrected chi connectivity index (χ2v) is 7.43. The van der Waals surface area contributed by atoms with Gasteiger partial charge in [0.15, 0.2) is 0 Å². The Labute approximate surface area is 127 Å². The highest BCUT2D eigenvalue weighted by Crippen LogP contribution is 2.31. The van der Waals surface area contributed by atoms with E-state index in [-0.39, 0.29) is 0 Å². The van der Waals surface area contributed by atoms with E-state index in [1.807, 2.05) is 11.3 Å². The van der Waals surface area contributed by atoms with Crippen molar-refractivity contribution in [1.29, 1.82) is 0 Å². The second-order valence-electron chi connectivity index (χ2n) is 6.64. The normalized spacial score (nSPS) is 25.9. The monoisotopic (exact) mass is 293 g/mol. The van der Waals surface area contributed by atoms with E-state index in [0.717, 1.165) is 6.54 Å². The van der Waals surface area contributed by atoms with Gasteiger partial charge in [0.1, 0.15) is 0 Å². The molecule has 3 nitrogen and oxygen atoms in total. The molecular formula is C16H27N3S. The summed E-state index contributed by atoms with van der Waals surface area (Å²) >= 11 is 1.81. The first-order valence-corrected chi connectivity index (χ1v) is 8.75. The molecule has 4 heteroatoms. The summed E-state index contributed by atoms with van der Waals surface area (Å²) in [5.74, 6) is 0. The van der Waals surface area contributed by atoms with E-state index < -0.39 is 0 Å². The summed E-state index contributed by atoms with van der Waals surface area (Å²) in [6.07, 6.45) is 3.95. The largest absolute Gasteiger partial charge is 0.304 e. The van der Waals surface area contributed by atoms with Crippen LogP contribution in [0, 0.1) is 0 Å². The summed E-state index contributed by atoms with van der Waals surface area (Å²) < 4.78 is 0. The van der Waals surface area contributed by atoms with E-state index in [1.54, 1.807) is 0 Å². The predicted octanol–water partition coefficient (Wildman–Crippen LogP) is 2.35. The Morgan fingerprint density at radius 1 is 1.15 bits per heavy atom. The molecule has 0 atom stereocenters. The Hall–Kier alpha value is -0.420. The first kappa shape index (κ1) is 14.5. The van der Waals surface area contributed by atoms with Gasteiger partial charge >= 0.3 is 0 Å². The van der Waals surface area contributed by atoms with Gasteiger partial charge in [0.05, 0.1) is 0 Å². The lowest BCUT2D eigenvalue weighted by Gasteiger charge is -2.47. The van der Waals surface area contributed by atoms with Crippen LogP contribution < -0.4 is 0 Å². The Bertz CT molecular complexity index is 409. The molecular weight excluding hydrogens is 266 g/mol. The lowest BCUT2D eigenvalue weighted by molar-refractivity contribution is 0.0296. The lowest BCUT2D eigenvalue weighted by atomic mass is 9.85. The van der Waals surface area contributed by atoms with Crippen molar-refractivity contribution in [3.8, 4) is 0 Å². The molecule has 2 aliphatic heterocycles. The first-order chi connectivity index (χ1) is 9.68. The minimum Gasteiger partial charge on any atom is -0.304 e. The molecule has 0 amide bonds. The first-order valence-electron chi connectivity index (χ1n) is 7.81. The topological polar surface area (TPSA) is 9.72 Å². The van der Waals surface area contributed by atoms with E-state index in [1.165, 1.54) is 57.5 Å². The van der Waals surface area contributed by atoms with E-state index >= 15 is 0 Å². The Kier molecular flexibility index (Phi) is 4.46. The van der Waals surface area contributed by atoms with Crippen LogP contribution in [0.5, 0.6) is 0 Å². The van der Waals surface area contributed by atoms with E-state index in [2.05, 4.69) is 45.6 Å². The molecule has 0 bridgehead atoms. The zero-order valence-corrected chi connectivity index (χ0v) is 13.7. The predicted molar refractivity (Wildman–Crippen MR) is 86.3 cm³/mol. The second kappa shape index (κ2) is 6.14. The number of likely N-dealkylation sites (N-methyl/N-ethyl adjacent to an activating group) is 2. The maximum Gasteiger partial charge on any atom is 0.0357 e. The smallest absolute Gasteiger partial charge is 0.0357 e. The van der Waals surface area contributed by atoms with Crippen molar-refractivity contribution in [3.05, 3.63) is 22.4 Å².